The van der Waals surface area contributed by atoms with E-state index in [1.54, 1.807) is 58.0 Å². The zero-order chi connectivity index (χ0) is 22.7. The molecule has 6 rings (SSSR count). The van der Waals surface area contributed by atoms with Gasteiger partial charge in [0.2, 0.25) is 0 Å². The number of benzene rings is 1. The number of hydrogen-bond acceptors (Lipinski definition) is 6. The molecule has 3 aromatic heterocycles. The molecule has 1 aromatic carbocycles. The molecule has 0 N–H and O–H groups in total. The van der Waals surface area contributed by atoms with Crippen molar-refractivity contribution in [3.63, 3.8) is 0 Å². The van der Waals surface area contributed by atoms with Crippen molar-refractivity contribution in [1.82, 2.24) is 24.7 Å². The minimum atomic E-state index is -1.08. The number of carbonyl (C=O) groups excluding carboxylic acids is 2. The molecule has 1 saturated heterocycles. The molecule has 4 aromatic rings. The van der Waals surface area contributed by atoms with Gasteiger partial charge in [-0.25, -0.2) is 0 Å². The van der Waals surface area contributed by atoms with Crippen LogP contribution in [0.2, 0.25) is 5.02 Å². The highest BCUT2D eigenvalue weighted by Gasteiger charge is 2.57. The average molecular weight is 464 g/mol. The summed E-state index contributed by atoms with van der Waals surface area (Å²) in [6.07, 6.45) is 2.90. The highest BCUT2D eigenvalue weighted by Crippen LogP contribution is 2.44. The average Bonchev–Trinajstić information content (AvgIpc) is 3.59. The molecule has 2 amide bonds. The maximum atomic E-state index is 13.7. The first kappa shape index (κ1) is 19.8. The Morgan fingerprint density at radius 3 is 2.70 bits per heavy atom. The highest BCUT2D eigenvalue weighted by molar-refractivity contribution is 6.30. The minimum Gasteiger partial charge on any atom is -0.463 e. The maximum Gasteiger partial charge on any atom is 0.274 e. The number of aryl methyl sites for hydroxylation is 1. The molecule has 0 spiro atoms. The largest absolute Gasteiger partial charge is 0.463 e. The SMILES string of the molecule is Cc1nocc1C(=O)N1CCN2C(=O)c3cc(-c4ccco4)nn3CC12c1ccc(Cl)cc1. The van der Waals surface area contributed by atoms with E-state index in [0.29, 0.717) is 46.5 Å². The second-order valence-corrected chi connectivity index (χ2v) is 8.54. The van der Waals surface area contributed by atoms with Crippen LogP contribution in [0.1, 0.15) is 32.1 Å². The van der Waals surface area contributed by atoms with Crippen LogP contribution in [0.3, 0.4) is 0 Å². The van der Waals surface area contributed by atoms with Crippen molar-refractivity contribution in [3.8, 4) is 11.5 Å². The summed E-state index contributed by atoms with van der Waals surface area (Å²) < 4.78 is 12.1. The van der Waals surface area contributed by atoms with Crippen molar-refractivity contribution in [2.24, 2.45) is 0 Å². The lowest BCUT2D eigenvalue weighted by Gasteiger charge is -2.46. The van der Waals surface area contributed by atoms with Gasteiger partial charge in [0.15, 0.2) is 11.4 Å². The Morgan fingerprint density at radius 1 is 1.18 bits per heavy atom. The number of carbonyl (C=O) groups is 2. The van der Waals surface area contributed by atoms with Crippen molar-refractivity contribution < 1.29 is 18.5 Å². The van der Waals surface area contributed by atoms with E-state index in [4.69, 9.17) is 20.5 Å². The number of nitrogens with zero attached hydrogens (tertiary/aromatic N) is 5. The monoisotopic (exact) mass is 463 g/mol. The molecule has 2 aliphatic rings. The Labute approximate surface area is 193 Å². The summed E-state index contributed by atoms with van der Waals surface area (Å²) in [6.45, 7) is 2.70. The van der Waals surface area contributed by atoms with Gasteiger partial charge in [-0.15, -0.1) is 0 Å². The third-order valence-electron chi connectivity index (χ3n) is 6.36. The summed E-state index contributed by atoms with van der Waals surface area (Å²) in [4.78, 5) is 30.8. The Balaban J connectivity index is 1.52. The molecule has 9 nitrogen and oxygen atoms in total. The zero-order valence-electron chi connectivity index (χ0n) is 17.6. The fraction of sp³-hybridized carbons (Fsp3) is 0.217. The molecule has 0 radical (unpaired) electrons. The minimum absolute atomic E-state index is 0.209. The van der Waals surface area contributed by atoms with E-state index in [1.807, 2.05) is 12.1 Å². The van der Waals surface area contributed by atoms with E-state index in [9.17, 15) is 9.59 Å². The van der Waals surface area contributed by atoms with Crippen LogP contribution in [0.25, 0.3) is 11.5 Å². The lowest BCUT2D eigenvalue weighted by atomic mass is 9.94. The quantitative estimate of drug-likeness (QED) is 0.461. The smallest absolute Gasteiger partial charge is 0.274 e. The summed E-state index contributed by atoms with van der Waals surface area (Å²) in [7, 11) is 0. The first-order valence-electron chi connectivity index (χ1n) is 10.4. The van der Waals surface area contributed by atoms with Gasteiger partial charge in [0, 0.05) is 29.7 Å². The van der Waals surface area contributed by atoms with Crippen LogP contribution in [0.5, 0.6) is 0 Å². The molecule has 10 heteroatoms. The summed E-state index contributed by atoms with van der Waals surface area (Å²) >= 11 is 6.15. The molecule has 5 heterocycles. The molecule has 0 bridgehead atoms. The molecule has 1 unspecified atom stereocenters. The molecule has 2 aliphatic heterocycles. The Hall–Kier alpha value is -3.85. The van der Waals surface area contributed by atoms with Gasteiger partial charge in [0.1, 0.15) is 23.2 Å². The molecule has 1 fully saturated rings. The van der Waals surface area contributed by atoms with E-state index in [1.165, 1.54) is 6.26 Å². The van der Waals surface area contributed by atoms with Crippen molar-refractivity contribution in [3.05, 3.63) is 82.5 Å². The Bertz CT molecular complexity index is 1370. The van der Waals surface area contributed by atoms with Gasteiger partial charge in [0.25, 0.3) is 11.8 Å². The summed E-state index contributed by atoms with van der Waals surface area (Å²) in [5, 5.41) is 9.07. The number of amides is 2. The Morgan fingerprint density at radius 2 is 2.00 bits per heavy atom. The molecular formula is C23H18ClN5O4. The lowest BCUT2D eigenvalue weighted by molar-refractivity contribution is -0.00850. The first-order valence-corrected chi connectivity index (χ1v) is 10.8. The number of furan rings is 1. The van der Waals surface area contributed by atoms with Crippen molar-refractivity contribution in [2.75, 3.05) is 13.1 Å². The molecule has 1 atom stereocenters. The molecule has 166 valence electrons. The van der Waals surface area contributed by atoms with Gasteiger partial charge in [-0.1, -0.05) is 28.9 Å². The lowest BCUT2D eigenvalue weighted by Crippen LogP contribution is -2.60. The van der Waals surface area contributed by atoms with E-state index in [0.717, 1.165) is 5.56 Å². The number of hydrogen-bond donors (Lipinski definition) is 0. The third-order valence-corrected chi connectivity index (χ3v) is 6.61. The van der Waals surface area contributed by atoms with Crippen molar-refractivity contribution in [2.45, 2.75) is 19.1 Å². The summed E-state index contributed by atoms with van der Waals surface area (Å²) in [5.74, 6) is 0.0955. The topological polar surface area (TPSA) is 97.6 Å². The van der Waals surface area contributed by atoms with Gasteiger partial charge in [-0.3, -0.25) is 14.3 Å². The predicted molar refractivity (Wildman–Crippen MR) is 116 cm³/mol. The second kappa shape index (κ2) is 7.08. The summed E-state index contributed by atoms with van der Waals surface area (Å²) in [5.41, 5.74) is 1.54. The Kier molecular flexibility index (Phi) is 4.25. The fourth-order valence-corrected chi connectivity index (χ4v) is 4.92. The van der Waals surface area contributed by atoms with Crippen LogP contribution in [-0.4, -0.2) is 49.6 Å². The van der Waals surface area contributed by atoms with Crippen LogP contribution in [0.15, 0.2) is 63.9 Å². The zero-order valence-corrected chi connectivity index (χ0v) is 18.3. The van der Waals surface area contributed by atoms with Crippen LogP contribution < -0.4 is 0 Å². The van der Waals surface area contributed by atoms with Gasteiger partial charge >= 0.3 is 0 Å². The van der Waals surface area contributed by atoms with Crippen molar-refractivity contribution in [1.29, 1.82) is 0 Å². The third kappa shape index (κ3) is 2.78. The maximum absolute atomic E-state index is 13.7. The van der Waals surface area contributed by atoms with E-state index < -0.39 is 5.66 Å². The molecular weight excluding hydrogens is 446 g/mol. The van der Waals surface area contributed by atoms with Crippen LogP contribution >= 0.6 is 11.6 Å². The van der Waals surface area contributed by atoms with Gasteiger partial charge in [-0.2, -0.15) is 5.10 Å². The standard InChI is InChI=1S/C23H18ClN5O4/c1-14-17(12-33-26-14)21(30)27-8-9-28-22(31)19-11-18(20-3-2-10-32-20)25-29(19)13-23(27,28)15-4-6-16(24)7-5-15/h2-7,10-12H,8-9,13H2,1H3. The molecule has 33 heavy (non-hydrogen) atoms. The fourth-order valence-electron chi connectivity index (χ4n) is 4.79. The van der Waals surface area contributed by atoms with E-state index >= 15 is 0 Å². The number of rotatable bonds is 3. The van der Waals surface area contributed by atoms with E-state index in [2.05, 4.69) is 10.3 Å². The summed E-state index contributed by atoms with van der Waals surface area (Å²) in [6, 6.07) is 12.5. The van der Waals surface area contributed by atoms with Crippen molar-refractivity contribution >= 4 is 23.4 Å². The highest BCUT2D eigenvalue weighted by atomic mass is 35.5. The van der Waals surface area contributed by atoms with E-state index in [-0.39, 0.29) is 18.4 Å². The van der Waals surface area contributed by atoms with Crippen LogP contribution in [0, 0.1) is 6.92 Å². The van der Waals surface area contributed by atoms with Gasteiger partial charge in [0.05, 0.1) is 18.5 Å². The predicted octanol–water partition coefficient (Wildman–Crippen LogP) is 3.56. The first-order chi connectivity index (χ1) is 16.0. The number of fused-ring (bicyclic) bond motifs is 2. The molecule has 0 aliphatic carbocycles. The van der Waals surface area contributed by atoms with Gasteiger partial charge < -0.3 is 18.7 Å². The van der Waals surface area contributed by atoms with Crippen LogP contribution in [0.4, 0.5) is 0 Å². The van der Waals surface area contributed by atoms with Crippen LogP contribution in [-0.2, 0) is 12.2 Å². The molecule has 0 saturated carbocycles. The number of aromatic nitrogens is 3. The number of halogens is 1. The second-order valence-electron chi connectivity index (χ2n) is 8.10. The van der Waals surface area contributed by atoms with Gasteiger partial charge in [-0.05, 0) is 31.2 Å². The normalized spacial score (nSPS) is 19.6.